The van der Waals surface area contributed by atoms with Crippen LogP contribution >= 0.6 is 0 Å². The van der Waals surface area contributed by atoms with E-state index in [0.717, 1.165) is 37.5 Å². The Morgan fingerprint density at radius 3 is 3.04 bits per heavy atom. The van der Waals surface area contributed by atoms with Gasteiger partial charge in [0.1, 0.15) is 5.75 Å². The average Bonchev–Trinajstić information content (AvgIpc) is 3.30. The molecular formula is C20H23NO2. The van der Waals surface area contributed by atoms with Crippen LogP contribution in [-0.4, -0.2) is 35.9 Å². The van der Waals surface area contributed by atoms with E-state index in [1.54, 1.807) is 0 Å². The predicted octanol–water partition coefficient (Wildman–Crippen LogP) is 2.70. The number of ketones is 1. The lowest BCUT2D eigenvalue weighted by Crippen LogP contribution is -2.66. The number of nitrogens with zero attached hydrogens (tertiary/aromatic N) is 1. The lowest BCUT2D eigenvalue weighted by atomic mass is 9.51. The third-order valence-electron chi connectivity index (χ3n) is 7.31. The van der Waals surface area contributed by atoms with Gasteiger partial charge in [-0.1, -0.05) is 12.1 Å². The number of piperidine rings is 1. The van der Waals surface area contributed by atoms with Crippen molar-refractivity contribution >= 4 is 5.78 Å². The maximum absolute atomic E-state index is 12.7. The second kappa shape index (κ2) is 4.18. The number of likely N-dealkylation sites (tertiary alicyclic amines) is 1. The standard InChI is InChI=1S/C20H23NO2/c22-16-7-6-14-15-10-13-2-1-3-17-18(13)20(14,19(16)23-17)8-9-21(15)11-12-4-5-12/h1-3,12,14-15,19H,4-11H2. The van der Waals surface area contributed by atoms with Crippen molar-refractivity contribution in [2.24, 2.45) is 11.8 Å². The zero-order valence-corrected chi connectivity index (χ0v) is 13.5. The molecule has 3 nitrogen and oxygen atoms in total. The van der Waals surface area contributed by atoms with Crippen LogP contribution in [0.2, 0.25) is 0 Å². The quantitative estimate of drug-likeness (QED) is 0.841. The number of carbonyl (C=O) groups is 1. The number of hydrogen-bond donors (Lipinski definition) is 0. The highest BCUT2D eigenvalue weighted by Gasteiger charge is 2.65. The molecule has 6 rings (SSSR count). The van der Waals surface area contributed by atoms with E-state index in [-0.39, 0.29) is 11.5 Å². The molecule has 23 heavy (non-hydrogen) atoms. The van der Waals surface area contributed by atoms with Crippen LogP contribution in [-0.2, 0) is 16.6 Å². The Balaban J connectivity index is 1.52. The SMILES string of the molecule is O=C1CCC2C3Cc4cccc5c4C2(CCN3CC2CC2)C1O5. The van der Waals surface area contributed by atoms with Crippen molar-refractivity contribution in [3.63, 3.8) is 0 Å². The van der Waals surface area contributed by atoms with E-state index in [2.05, 4.69) is 23.1 Å². The van der Waals surface area contributed by atoms with Crippen LogP contribution < -0.4 is 4.74 Å². The first-order valence-electron chi connectivity index (χ1n) is 9.33. The molecule has 5 aliphatic rings. The minimum absolute atomic E-state index is 0.00419. The third-order valence-corrected chi connectivity index (χ3v) is 7.31. The summed E-state index contributed by atoms with van der Waals surface area (Å²) in [6.07, 6.45) is 6.71. The lowest BCUT2D eigenvalue weighted by Gasteiger charge is -2.57. The molecule has 4 unspecified atom stereocenters. The third kappa shape index (κ3) is 1.52. The van der Waals surface area contributed by atoms with Gasteiger partial charge >= 0.3 is 0 Å². The van der Waals surface area contributed by atoms with Gasteiger partial charge < -0.3 is 4.74 Å². The van der Waals surface area contributed by atoms with Crippen molar-refractivity contribution in [1.29, 1.82) is 0 Å². The monoisotopic (exact) mass is 309 g/mol. The van der Waals surface area contributed by atoms with E-state index in [1.807, 2.05) is 0 Å². The molecule has 3 heteroatoms. The molecule has 0 radical (unpaired) electrons. The molecule has 0 aromatic heterocycles. The number of hydrogen-bond acceptors (Lipinski definition) is 3. The largest absolute Gasteiger partial charge is 0.481 e. The first-order chi connectivity index (χ1) is 11.3. The van der Waals surface area contributed by atoms with Gasteiger partial charge in [0.2, 0.25) is 0 Å². The fourth-order valence-electron chi connectivity index (χ4n) is 6.24. The summed E-state index contributed by atoms with van der Waals surface area (Å²) >= 11 is 0. The molecule has 2 saturated carbocycles. The van der Waals surface area contributed by atoms with Crippen molar-refractivity contribution < 1.29 is 9.53 Å². The molecule has 0 N–H and O–H groups in total. The van der Waals surface area contributed by atoms with Crippen molar-refractivity contribution in [3.8, 4) is 5.75 Å². The van der Waals surface area contributed by atoms with Gasteiger partial charge in [0, 0.05) is 30.0 Å². The maximum Gasteiger partial charge on any atom is 0.174 e. The molecule has 3 fully saturated rings. The molecule has 4 atom stereocenters. The first kappa shape index (κ1) is 13.0. The molecular weight excluding hydrogens is 286 g/mol. The van der Waals surface area contributed by atoms with E-state index >= 15 is 0 Å². The highest BCUT2D eigenvalue weighted by Crippen LogP contribution is 2.61. The number of rotatable bonds is 2. The number of ether oxygens (including phenoxy) is 1. The van der Waals surface area contributed by atoms with Crippen LogP contribution in [0.25, 0.3) is 0 Å². The minimum atomic E-state index is -0.191. The molecule has 2 bridgehead atoms. The molecule has 2 aliphatic heterocycles. The Kier molecular flexibility index (Phi) is 2.37. The molecule has 3 aliphatic carbocycles. The van der Waals surface area contributed by atoms with Gasteiger partial charge in [0.25, 0.3) is 0 Å². The summed E-state index contributed by atoms with van der Waals surface area (Å²) in [5, 5.41) is 0. The molecule has 0 amide bonds. The summed E-state index contributed by atoms with van der Waals surface area (Å²) in [6, 6.07) is 7.13. The van der Waals surface area contributed by atoms with Crippen molar-refractivity contribution in [2.45, 2.75) is 56.1 Å². The summed E-state index contributed by atoms with van der Waals surface area (Å²) in [5.74, 6) is 2.92. The fourth-order valence-corrected chi connectivity index (χ4v) is 6.24. The van der Waals surface area contributed by atoms with Crippen LogP contribution in [0.4, 0.5) is 0 Å². The molecule has 1 spiro atoms. The van der Waals surface area contributed by atoms with Crippen LogP contribution in [0.1, 0.15) is 43.2 Å². The van der Waals surface area contributed by atoms with Crippen molar-refractivity contribution in [2.75, 3.05) is 13.1 Å². The van der Waals surface area contributed by atoms with Gasteiger partial charge in [-0.05, 0) is 62.1 Å². The summed E-state index contributed by atoms with van der Waals surface area (Å²) in [6.45, 7) is 2.43. The number of Topliss-reactive ketones (excluding diaryl/α,β-unsaturated/α-hetero) is 1. The zero-order chi connectivity index (χ0) is 15.2. The van der Waals surface area contributed by atoms with E-state index in [9.17, 15) is 4.79 Å². The van der Waals surface area contributed by atoms with E-state index in [4.69, 9.17) is 4.74 Å². The molecule has 1 aromatic carbocycles. The Labute approximate surface area is 137 Å². The number of carbonyl (C=O) groups excluding carboxylic acids is 1. The lowest BCUT2D eigenvalue weighted by molar-refractivity contribution is -0.138. The smallest absolute Gasteiger partial charge is 0.174 e. The van der Waals surface area contributed by atoms with Crippen LogP contribution in [0, 0.1) is 11.8 Å². The Bertz CT molecular complexity index is 710. The molecule has 1 saturated heterocycles. The van der Waals surface area contributed by atoms with E-state index in [1.165, 1.54) is 30.5 Å². The van der Waals surface area contributed by atoms with Gasteiger partial charge in [0.05, 0.1) is 0 Å². The first-order valence-corrected chi connectivity index (χ1v) is 9.33. The normalized spacial score (nSPS) is 40.7. The van der Waals surface area contributed by atoms with E-state index in [0.29, 0.717) is 24.2 Å². The summed E-state index contributed by atoms with van der Waals surface area (Å²) < 4.78 is 6.25. The second-order valence-corrected chi connectivity index (χ2v) is 8.40. The summed E-state index contributed by atoms with van der Waals surface area (Å²) in [5.41, 5.74) is 2.89. The molecule has 2 heterocycles. The van der Waals surface area contributed by atoms with Crippen molar-refractivity contribution in [3.05, 3.63) is 29.3 Å². The summed E-state index contributed by atoms with van der Waals surface area (Å²) in [7, 11) is 0. The highest BCUT2D eigenvalue weighted by atomic mass is 16.5. The van der Waals surface area contributed by atoms with Crippen LogP contribution in [0.15, 0.2) is 18.2 Å². The minimum Gasteiger partial charge on any atom is -0.481 e. The molecule has 1 aromatic rings. The fraction of sp³-hybridized carbons (Fsp3) is 0.650. The predicted molar refractivity (Wildman–Crippen MR) is 86.7 cm³/mol. The Morgan fingerprint density at radius 1 is 1.26 bits per heavy atom. The number of benzene rings is 1. The second-order valence-electron chi connectivity index (χ2n) is 8.40. The topological polar surface area (TPSA) is 29.5 Å². The Hall–Kier alpha value is -1.35. The van der Waals surface area contributed by atoms with Crippen LogP contribution in [0.5, 0.6) is 5.75 Å². The van der Waals surface area contributed by atoms with Gasteiger partial charge in [-0.15, -0.1) is 0 Å². The van der Waals surface area contributed by atoms with Gasteiger partial charge in [0.15, 0.2) is 11.9 Å². The van der Waals surface area contributed by atoms with Crippen LogP contribution in [0.3, 0.4) is 0 Å². The van der Waals surface area contributed by atoms with E-state index < -0.39 is 0 Å². The van der Waals surface area contributed by atoms with Crippen molar-refractivity contribution in [1.82, 2.24) is 4.90 Å². The van der Waals surface area contributed by atoms with Gasteiger partial charge in [-0.3, -0.25) is 9.69 Å². The molecule has 120 valence electrons. The maximum atomic E-state index is 12.7. The average molecular weight is 309 g/mol. The zero-order valence-electron chi connectivity index (χ0n) is 13.5. The Morgan fingerprint density at radius 2 is 2.17 bits per heavy atom. The van der Waals surface area contributed by atoms with Gasteiger partial charge in [-0.2, -0.15) is 0 Å². The van der Waals surface area contributed by atoms with Gasteiger partial charge in [-0.25, -0.2) is 0 Å². The highest BCUT2D eigenvalue weighted by molar-refractivity contribution is 5.88. The summed E-state index contributed by atoms with van der Waals surface area (Å²) in [4.78, 5) is 15.4.